The number of hydrogen-bond acceptors (Lipinski definition) is 6. The number of rotatable bonds is 3. The van der Waals surface area contributed by atoms with Crippen LogP contribution in [-0.4, -0.2) is 37.5 Å². The number of ether oxygens (including phenoxy) is 4. The number of nitrogens with zero attached hydrogens (tertiary/aromatic N) is 1. The van der Waals surface area contributed by atoms with E-state index in [1.807, 2.05) is 18.2 Å². The number of fused-ring (bicyclic) bond motifs is 4. The van der Waals surface area contributed by atoms with Gasteiger partial charge in [0.2, 0.25) is 5.75 Å². The molecule has 2 bridgehead atoms. The molecule has 0 saturated heterocycles. The minimum Gasteiger partial charge on any atom is -0.492 e. The van der Waals surface area contributed by atoms with Gasteiger partial charge in [-0.1, -0.05) is 0 Å². The highest BCUT2D eigenvalue weighted by molar-refractivity contribution is 6.08. The Morgan fingerprint density at radius 2 is 1.68 bits per heavy atom. The van der Waals surface area contributed by atoms with Crippen molar-refractivity contribution in [2.45, 2.75) is 18.9 Å². The van der Waals surface area contributed by atoms with E-state index in [9.17, 15) is 5.11 Å². The highest BCUT2D eigenvalue weighted by Crippen LogP contribution is 2.53. The number of aliphatic hydroxyl groups excluding tert-OH is 1. The largest absolute Gasteiger partial charge is 0.492 e. The Bertz CT molecular complexity index is 916. The molecular weight excluding hydrogens is 322 g/mol. The first kappa shape index (κ1) is 15.8. The average molecular weight is 341 g/mol. The maximum atomic E-state index is 10.1. The Labute approximate surface area is 145 Å². The van der Waals surface area contributed by atoms with E-state index in [0.717, 1.165) is 16.3 Å². The number of benzene rings is 1. The van der Waals surface area contributed by atoms with Gasteiger partial charge in [0.15, 0.2) is 11.5 Å². The molecule has 6 nitrogen and oxygen atoms in total. The molecule has 1 aromatic carbocycles. The molecule has 1 unspecified atom stereocenters. The van der Waals surface area contributed by atoms with E-state index >= 15 is 0 Å². The van der Waals surface area contributed by atoms with E-state index in [2.05, 4.69) is 4.98 Å². The molecule has 1 aromatic heterocycles. The summed E-state index contributed by atoms with van der Waals surface area (Å²) in [6, 6.07) is 1.89. The first-order valence-corrected chi connectivity index (χ1v) is 8.07. The standard InChI is InChI=1S/C19H19NO5/c1-22-17-11-8-9-20-16-13-7-5-10(21)4-6-12(25-13)15(14(11)16)18(23-2)19(17)24-3/h6-10,21H,4-5H2,1-3H3. The van der Waals surface area contributed by atoms with Crippen LogP contribution in [0, 0.1) is 0 Å². The molecular formula is C19H19NO5. The van der Waals surface area contributed by atoms with Crippen molar-refractivity contribution >= 4 is 22.3 Å². The van der Waals surface area contributed by atoms with Gasteiger partial charge in [-0.15, -0.1) is 0 Å². The quantitative estimate of drug-likeness (QED) is 0.925. The minimum absolute atomic E-state index is 0.458. The Balaban J connectivity index is 2.19. The molecule has 130 valence electrons. The number of methoxy groups -OCH3 is 3. The second kappa shape index (κ2) is 5.97. The van der Waals surface area contributed by atoms with Crippen molar-refractivity contribution < 1.29 is 24.1 Å². The number of hydrogen-bond donors (Lipinski definition) is 1. The molecule has 0 fully saturated rings. The van der Waals surface area contributed by atoms with Crippen LogP contribution in [0.5, 0.6) is 17.2 Å². The van der Waals surface area contributed by atoms with Crippen LogP contribution in [0.25, 0.3) is 22.3 Å². The number of aromatic nitrogens is 1. The Morgan fingerprint density at radius 1 is 1.00 bits per heavy atom. The molecule has 2 aromatic rings. The second-order valence-electron chi connectivity index (χ2n) is 5.92. The van der Waals surface area contributed by atoms with Crippen molar-refractivity contribution in [3.8, 4) is 17.2 Å². The van der Waals surface area contributed by atoms with E-state index in [4.69, 9.17) is 18.9 Å². The van der Waals surface area contributed by atoms with E-state index in [1.54, 1.807) is 27.5 Å². The molecule has 25 heavy (non-hydrogen) atoms. The van der Waals surface area contributed by atoms with E-state index in [-0.39, 0.29) is 0 Å². The van der Waals surface area contributed by atoms with E-state index in [0.29, 0.717) is 47.3 Å². The average Bonchev–Trinajstić information content (AvgIpc) is 2.63. The van der Waals surface area contributed by atoms with Crippen molar-refractivity contribution in [2.75, 3.05) is 21.3 Å². The molecule has 0 aliphatic carbocycles. The highest BCUT2D eigenvalue weighted by atomic mass is 16.5. The van der Waals surface area contributed by atoms with Gasteiger partial charge in [-0.2, -0.15) is 0 Å². The smallest absolute Gasteiger partial charge is 0.204 e. The maximum absolute atomic E-state index is 10.1. The zero-order chi connectivity index (χ0) is 17.6. The summed E-state index contributed by atoms with van der Waals surface area (Å²) in [5, 5.41) is 11.9. The van der Waals surface area contributed by atoms with Crippen LogP contribution in [0.2, 0.25) is 0 Å². The zero-order valence-electron chi connectivity index (χ0n) is 14.3. The predicted molar refractivity (Wildman–Crippen MR) is 93.7 cm³/mol. The molecule has 1 N–H and O–H groups in total. The number of pyridine rings is 1. The van der Waals surface area contributed by atoms with Gasteiger partial charge in [-0.25, -0.2) is 0 Å². The summed E-state index contributed by atoms with van der Waals surface area (Å²) in [7, 11) is 4.76. The molecule has 0 saturated carbocycles. The highest BCUT2D eigenvalue weighted by Gasteiger charge is 2.32. The molecule has 0 amide bonds. The van der Waals surface area contributed by atoms with Gasteiger partial charge in [-0.3, -0.25) is 4.98 Å². The lowest BCUT2D eigenvalue weighted by Gasteiger charge is -2.28. The van der Waals surface area contributed by atoms with Crippen LogP contribution in [0.1, 0.15) is 24.1 Å². The van der Waals surface area contributed by atoms with Crippen LogP contribution in [-0.2, 0) is 4.74 Å². The van der Waals surface area contributed by atoms with Crippen molar-refractivity contribution in [3.05, 3.63) is 35.7 Å². The van der Waals surface area contributed by atoms with Gasteiger partial charge in [0.05, 0.1) is 33.0 Å². The third-order valence-electron chi connectivity index (χ3n) is 4.55. The molecule has 1 atom stereocenters. The monoisotopic (exact) mass is 341 g/mol. The Morgan fingerprint density at radius 3 is 2.36 bits per heavy atom. The van der Waals surface area contributed by atoms with E-state index in [1.165, 1.54) is 0 Å². The third kappa shape index (κ3) is 2.25. The lowest BCUT2D eigenvalue weighted by atomic mass is 9.93. The van der Waals surface area contributed by atoms with Crippen molar-refractivity contribution in [3.63, 3.8) is 0 Å². The molecule has 3 heterocycles. The molecule has 4 rings (SSSR count). The molecule has 0 radical (unpaired) electrons. The van der Waals surface area contributed by atoms with Gasteiger partial charge in [0.1, 0.15) is 17.2 Å². The fourth-order valence-electron chi connectivity index (χ4n) is 3.44. The predicted octanol–water partition coefficient (Wildman–Crippen LogP) is 3.13. The first-order valence-electron chi connectivity index (χ1n) is 8.07. The third-order valence-corrected chi connectivity index (χ3v) is 4.55. The lowest BCUT2D eigenvalue weighted by Crippen LogP contribution is -2.13. The fraction of sp³-hybridized carbons (Fsp3) is 0.316. The molecule has 2 aliphatic rings. The summed E-state index contributed by atoms with van der Waals surface area (Å²) in [6.07, 6.45) is 6.03. The van der Waals surface area contributed by atoms with Crippen LogP contribution < -0.4 is 14.2 Å². The van der Waals surface area contributed by atoms with Crippen molar-refractivity contribution in [1.29, 1.82) is 0 Å². The van der Waals surface area contributed by atoms with Gasteiger partial charge < -0.3 is 24.1 Å². The summed E-state index contributed by atoms with van der Waals surface area (Å²) in [5.74, 6) is 2.90. The summed E-state index contributed by atoms with van der Waals surface area (Å²) in [5.41, 5.74) is 1.47. The topological polar surface area (TPSA) is 70.0 Å². The zero-order valence-corrected chi connectivity index (χ0v) is 14.3. The molecule has 6 heteroatoms. The SMILES string of the molecule is COc1c(OC)c2c3c(nccc3c1OC)C1=CCC(O)CC=C2O1. The second-order valence-corrected chi connectivity index (χ2v) is 5.92. The number of aliphatic hydroxyl groups is 1. The Kier molecular flexibility index (Phi) is 3.77. The van der Waals surface area contributed by atoms with E-state index < -0.39 is 6.10 Å². The van der Waals surface area contributed by atoms with Crippen LogP contribution >= 0.6 is 0 Å². The molecule has 2 aliphatic heterocycles. The van der Waals surface area contributed by atoms with Gasteiger partial charge >= 0.3 is 0 Å². The van der Waals surface area contributed by atoms with Crippen molar-refractivity contribution in [2.24, 2.45) is 0 Å². The summed E-state index contributed by atoms with van der Waals surface area (Å²) in [6.45, 7) is 0. The van der Waals surface area contributed by atoms with Crippen LogP contribution in [0.3, 0.4) is 0 Å². The summed E-state index contributed by atoms with van der Waals surface area (Å²) >= 11 is 0. The van der Waals surface area contributed by atoms with Gasteiger partial charge in [-0.05, 0) is 31.1 Å². The fourth-order valence-corrected chi connectivity index (χ4v) is 3.44. The van der Waals surface area contributed by atoms with Gasteiger partial charge in [0, 0.05) is 17.0 Å². The normalized spacial score (nSPS) is 18.5. The molecule has 0 spiro atoms. The van der Waals surface area contributed by atoms with Crippen molar-refractivity contribution in [1.82, 2.24) is 4.98 Å². The lowest BCUT2D eigenvalue weighted by molar-refractivity contribution is 0.179. The Hall–Kier alpha value is -2.73. The minimum atomic E-state index is -0.458. The summed E-state index contributed by atoms with van der Waals surface area (Å²) < 4.78 is 22.9. The summed E-state index contributed by atoms with van der Waals surface area (Å²) in [4.78, 5) is 4.51. The van der Waals surface area contributed by atoms with Crippen LogP contribution in [0.4, 0.5) is 0 Å². The maximum Gasteiger partial charge on any atom is 0.204 e. The van der Waals surface area contributed by atoms with Crippen LogP contribution in [0.15, 0.2) is 24.4 Å². The first-order chi connectivity index (χ1) is 12.2. The van der Waals surface area contributed by atoms with Gasteiger partial charge in [0.25, 0.3) is 0 Å².